The second-order valence-corrected chi connectivity index (χ2v) is 8.74. The Bertz CT molecular complexity index is 1290. The summed E-state index contributed by atoms with van der Waals surface area (Å²) in [6.45, 7) is 9.83. The van der Waals surface area contributed by atoms with Crippen molar-refractivity contribution in [3.05, 3.63) is 75.5 Å². The van der Waals surface area contributed by atoms with Crippen LogP contribution >= 0.6 is 0 Å². The summed E-state index contributed by atoms with van der Waals surface area (Å²) in [7, 11) is 0. The van der Waals surface area contributed by atoms with Gasteiger partial charge in [-0.25, -0.2) is 14.8 Å². The van der Waals surface area contributed by atoms with Crippen molar-refractivity contribution >= 4 is 5.97 Å². The second-order valence-electron chi connectivity index (χ2n) is 8.74. The second kappa shape index (κ2) is 8.43. The zero-order valence-corrected chi connectivity index (χ0v) is 19.1. The standard InChI is InChI=1S/C25H26N6O2/c1-15-8-24(28-10-18(15)9-26)31-14-29-22(17(31)3)11-30-7-6-27-23(12-30)19-4-5-20-21(16(19)2)13-33-25(20)32/h4-5,8,10,14,23,27H,6-7,11-13H2,1-3H3/t23-/m0/s1. The van der Waals surface area contributed by atoms with Crippen LogP contribution in [0.3, 0.4) is 0 Å². The van der Waals surface area contributed by atoms with Gasteiger partial charge in [-0.05, 0) is 49.6 Å². The SMILES string of the molecule is Cc1cc(-n2cnc(CN3CCN[C@H](c4ccc5c(c4C)COC5=O)C3)c2C)ncc1C#N. The molecule has 8 heteroatoms. The highest BCUT2D eigenvalue weighted by molar-refractivity contribution is 5.94. The molecule has 0 radical (unpaired) electrons. The summed E-state index contributed by atoms with van der Waals surface area (Å²) in [6.07, 6.45) is 3.42. The number of aryl methyl sites for hydroxylation is 1. The van der Waals surface area contributed by atoms with E-state index in [1.807, 2.05) is 23.6 Å². The number of carbonyl (C=O) groups is 1. The van der Waals surface area contributed by atoms with Crippen LogP contribution in [0.2, 0.25) is 0 Å². The molecule has 1 saturated heterocycles. The third-order valence-corrected chi connectivity index (χ3v) is 6.79. The first-order valence-corrected chi connectivity index (χ1v) is 11.1. The van der Waals surface area contributed by atoms with E-state index in [1.54, 1.807) is 12.5 Å². The molecule has 1 fully saturated rings. The predicted octanol–water partition coefficient (Wildman–Crippen LogP) is 2.88. The van der Waals surface area contributed by atoms with Crippen molar-refractivity contribution in [3.63, 3.8) is 0 Å². The molecule has 8 nitrogen and oxygen atoms in total. The Labute approximate surface area is 192 Å². The maximum atomic E-state index is 11.9. The van der Waals surface area contributed by atoms with Gasteiger partial charge >= 0.3 is 5.97 Å². The minimum Gasteiger partial charge on any atom is -0.457 e. The lowest BCUT2D eigenvalue weighted by atomic mass is 9.93. The van der Waals surface area contributed by atoms with E-state index >= 15 is 0 Å². The van der Waals surface area contributed by atoms with E-state index < -0.39 is 0 Å². The summed E-state index contributed by atoms with van der Waals surface area (Å²) in [5, 5.41) is 12.8. The number of fused-ring (bicyclic) bond motifs is 1. The van der Waals surface area contributed by atoms with Gasteiger partial charge in [-0.3, -0.25) is 9.47 Å². The van der Waals surface area contributed by atoms with E-state index in [2.05, 4.69) is 46.2 Å². The predicted molar refractivity (Wildman–Crippen MR) is 122 cm³/mol. The van der Waals surface area contributed by atoms with Crippen molar-refractivity contribution in [2.75, 3.05) is 19.6 Å². The van der Waals surface area contributed by atoms with Crippen molar-refractivity contribution in [2.45, 2.75) is 40.0 Å². The van der Waals surface area contributed by atoms with Crippen molar-refractivity contribution in [1.82, 2.24) is 24.8 Å². The topological polar surface area (TPSA) is 96.1 Å². The summed E-state index contributed by atoms with van der Waals surface area (Å²) >= 11 is 0. The highest BCUT2D eigenvalue weighted by Crippen LogP contribution is 2.30. The summed E-state index contributed by atoms with van der Waals surface area (Å²) in [5.41, 5.74) is 7.61. The molecule has 4 heterocycles. The number of nitrogens with zero attached hydrogens (tertiary/aromatic N) is 5. The Hall–Kier alpha value is -3.54. The molecular weight excluding hydrogens is 416 g/mol. The van der Waals surface area contributed by atoms with Crippen LogP contribution in [0.25, 0.3) is 5.82 Å². The average molecular weight is 443 g/mol. The minimum absolute atomic E-state index is 0.185. The van der Waals surface area contributed by atoms with Gasteiger partial charge in [0.15, 0.2) is 0 Å². The number of piperazine rings is 1. The number of esters is 1. The number of ether oxygens (including phenoxy) is 1. The van der Waals surface area contributed by atoms with Gasteiger partial charge in [0.05, 0.1) is 16.8 Å². The molecule has 2 aromatic heterocycles. The number of aromatic nitrogens is 3. The van der Waals surface area contributed by atoms with Crippen LogP contribution in [0.4, 0.5) is 0 Å². The summed E-state index contributed by atoms with van der Waals surface area (Å²) in [5.74, 6) is 0.544. The number of rotatable bonds is 4. The molecule has 3 aromatic rings. The number of imidazole rings is 1. The number of hydrogen-bond acceptors (Lipinski definition) is 7. The van der Waals surface area contributed by atoms with Gasteiger partial charge in [-0.2, -0.15) is 5.26 Å². The molecule has 2 aliphatic heterocycles. The van der Waals surface area contributed by atoms with Crippen LogP contribution in [-0.4, -0.2) is 45.0 Å². The van der Waals surface area contributed by atoms with Gasteiger partial charge in [-0.15, -0.1) is 0 Å². The maximum Gasteiger partial charge on any atom is 0.338 e. The number of nitriles is 1. The van der Waals surface area contributed by atoms with Crippen LogP contribution in [0.5, 0.6) is 0 Å². The molecule has 0 unspecified atom stereocenters. The fourth-order valence-corrected chi connectivity index (χ4v) is 4.74. The Morgan fingerprint density at radius 2 is 2.12 bits per heavy atom. The number of nitrogens with one attached hydrogen (secondary N) is 1. The molecule has 5 rings (SSSR count). The van der Waals surface area contributed by atoms with Crippen molar-refractivity contribution < 1.29 is 9.53 Å². The fourth-order valence-electron chi connectivity index (χ4n) is 4.74. The smallest absolute Gasteiger partial charge is 0.338 e. The van der Waals surface area contributed by atoms with Crippen LogP contribution in [0, 0.1) is 32.1 Å². The van der Waals surface area contributed by atoms with E-state index in [-0.39, 0.29) is 12.0 Å². The van der Waals surface area contributed by atoms with E-state index in [0.717, 1.165) is 60.1 Å². The lowest BCUT2D eigenvalue weighted by Crippen LogP contribution is -2.45. The highest BCUT2D eigenvalue weighted by Gasteiger charge is 2.28. The number of pyridine rings is 1. The van der Waals surface area contributed by atoms with Crippen LogP contribution in [0.1, 0.15) is 55.6 Å². The number of benzene rings is 1. The summed E-state index contributed by atoms with van der Waals surface area (Å²) in [4.78, 5) is 23.4. The fraction of sp³-hybridized carbons (Fsp3) is 0.360. The van der Waals surface area contributed by atoms with Gasteiger partial charge in [0.1, 0.15) is 24.8 Å². The van der Waals surface area contributed by atoms with Gasteiger partial charge in [0, 0.05) is 49.7 Å². The molecule has 1 N–H and O–H groups in total. The average Bonchev–Trinajstić information content (AvgIpc) is 3.37. The first-order valence-electron chi connectivity index (χ1n) is 11.1. The largest absolute Gasteiger partial charge is 0.457 e. The van der Waals surface area contributed by atoms with Crippen molar-refractivity contribution in [2.24, 2.45) is 0 Å². The third-order valence-electron chi connectivity index (χ3n) is 6.79. The Morgan fingerprint density at radius 3 is 2.91 bits per heavy atom. The highest BCUT2D eigenvalue weighted by atomic mass is 16.5. The molecular formula is C25H26N6O2. The van der Waals surface area contributed by atoms with E-state index in [4.69, 9.17) is 10.00 Å². The molecule has 1 aromatic carbocycles. The first kappa shape index (κ1) is 21.3. The Morgan fingerprint density at radius 1 is 1.27 bits per heavy atom. The molecule has 0 spiro atoms. The van der Waals surface area contributed by atoms with Crippen molar-refractivity contribution in [3.8, 4) is 11.9 Å². The first-order chi connectivity index (χ1) is 16.0. The molecule has 0 bridgehead atoms. The molecule has 0 amide bonds. The number of carbonyl (C=O) groups excluding carboxylic acids is 1. The van der Waals surface area contributed by atoms with Gasteiger partial charge in [0.25, 0.3) is 0 Å². The zero-order valence-electron chi connectivity index (χ0n) is 19.1. The van der Waals surface area contributed by atoms with Crippen LogP contribution < -0.4 is 5.32 Å². The molecule has 33 heavy (non-hydrogen) atoms. The monoisotopic (exact) mass is 442 g/mol. The lowest BCUT2D eigenvalue weighted by molar-refractivity contribution is 0.0535. The minimum atomic E-state index is -0.226. The van der Waals surface area contributed by atoms with E-state index in [9.17, 15) is 4.79 Å². The lowest BCUT2D eigenvalue weighted by Gasteiger charge is -2.34. The number of cyclic esters (lactones) is 1. The summed E-state index contributed by atoms with van der Waals surface area (Å²) < 4.78 is 7.19. The van der Waals surface area contributed by atoms with Crippen LogP contribution in [-0.2, 0) is 17.9 Å². The molecule has 2 aliphatic rings. The van der Waals surface area contributed by atoms with Gasteiger partial charge in [0.2, 0.25) is 0 Å². The Kier molecular flexibility index (Phi) is 5.44. The van der Waals surface area contributed by atoms with E-state index in [0.29, 0.717) is 17.7 Å². The summed E-state index contributed by atoms with van der Waals surface area (Å²) in [6, 6.07) is 8.22. The third kappa shape index (κ3) is 3.80. The Balaban J connectivity index is 1.34. The zero-order chi connectivity index (χ0) is 23.1. The van der Waals surface area contributed by atoms with Crippen LogP contribution in [0.15, 0.2) is 30.7 Å². The van der Waals surface area contributed by atoms with E-state index in [1.165, 1.54) is 5.56 Å². The molecule has 0 aliphatic carbocycles. The van der Waals surface area contributed by atoms with Gasteiger partial charge < -0.3 is 10.1 Å². The quantitative estimate of drug-likeness (QED) is 0.621. The molecule has 1 atom stereocenters. The maximum absolute atomic E-state index is 11.9. The normalized spacial score (nSPS) is 18.1. The molecule has 0 saturated carbocycles. The van der Waals surface area contributed by atoms with Gasteiger partial charge in [-0.1, -0.05) is 6.07 Å². The molecule has 168 valence electrons. The van der Waals surface area contributed by atoms with Crippen molar-refractivity contribution in [1.29, 1.82) is 5.26 Å². The number of hydrogen-bond donors (Lipinski definition) is 1.